The van der Waals surface area contributed by atoms with E-state index in [1.54, 1.807) is 64.4 Å². The fraction of sp³-hybridized carbons (Fsp3) is 0.367. The average molecular weight is 602 g/mol. The fourth-order valence-electron chi connectivity index (χ4n) is 6.39. The fourth-order valence-corrected chi connectivity index (χ4v) is 9.29. The Labute approximate surface area is 244 Å². The summed E-state index contributed by atoms with van der Waals surface area (Å²) in [6.07, 6.45) is 1.49. The number of nitrogens with zero attached hydrogens (tertiary/aromatic N) is 2. The molecule has 3 aliphatic rings. The van der Waals surface area contributed by atoms with Crippen LogP contribution in [-0.4, -0.2) is 63.1 Å². The van der Waals surface area contributed by atoms with Gasteiger partial charge in [-0.15, -0.1) is 0 Å². The highest BCUT2D eigenvalue weighted by atomic mass is 35.5. The summed E-state index contributed by atoms with van der Waals surface area (Å²) in [5.74, 6) is 0.611. The topological polar surface area (TPSA) is 76.2 Å². The molecule has 2 heterocycles. The van der Waals surface area contributed by atoms with Gasteiger partial charge in [-0.1, -0.05) is 53.5 Å². The molecule has 0 bridgehead atoms. The molecule has 10 heteroatoms. The maximum absolute atomic E-state index is 14.5. The van der Waals surface area contributed by atoms with Crippen molar-refractivity contribution in [1.29, 1.82) is 0 Å². The molecule has 0 radical (unpaired) electrons. The summed E-state index contributed by atoms with van der Waals surface area (Å²) in [5, 5.41) is 1.05. The monoisotopic (exact) mass is 600 g/mol. The van der Waals surface area contributed by atoms with E-state index < -0.39 is 20.6 Å². The van der Waals surface area contributed by atoms with E-state index >= 15 is 0 Å². The van der Waals surface area contributed by atoms with E-state index in [0.29, 0.717) is 73.5 Å². The van der Waals surface area contributed by atoms with Gasteiger partial charge in [-0.3, -0.25) is 0 Å². The summed E-state index contributed by atoms with van der Waals surface area (Å²) in [7, 11) is -3.86. The molecule has 2 atom stereocenters. The van der Waals surface area contributed by atoms with E-state index in [9.17, 15) is 13.2 Å². The lowest BCUT2D eigenvalue weighted by atomic mass is 9.78. The first kappa shape index (κ1) is 27.4. The van der Waals surface area contributed by atoms with Crippen LogP contribution < -0.4 is 4.74 Å². The summed E-state index contributed by atoms with van der Waals surface area (Å²) in [6, 6.07) is 18.9. The van der Waals surface area contributed by atoms with E-state index in [0.717, 1.165) is 11.1 Å². The minimum Gasteiger partial charge on any atom is -0.489 e. The number of aryl methyl sites for hydroxylation is 1. The molecule has 0 spiro atoms. The Hall–Kier alpha value is -2.78. The zero-order chi connectivity index (χ0) is 27.9. The first-order chi connectivity index (χ1) is 19.3. The van der Waals surface area contributed by atoms with Crippen LogP contribution in [0.4, 0.5) is 4.79 Å². The molecule has 2 aliphatic heterocycles. The number of benzene rings is 3. The highest BCUT2D eigenvalue weighted by Crippen LogP contribution is 2.53. The van der Waals surface area contributed by atoms with Crippen LogP contribution in [0.25, 0.3) is 0 Å². The van der Waals surface area contributed by atoms with Gasteiger partial charge in [0.1, 0.15) is 17.1 Å². The zero-order valence-electron chi connectivity index (χ0n) is 21.9. The van der Waals surface area contributed by atoms with E-state index in [1.807, 2.05) is 12.1 Å². The quantitative estimate of drug-likeness (QED) is 0.375. The van der Waals surface area contributed by atoms with Gasteiger partial charge in [-0.25, -0.2) is 13.2 Å². The highest BCUT2D eigenvalue weighted by Gasteiger charge is 2.61. The summed E-state index contributed by atoms with van der Waals surface area (Å²) in [4.78, 5) is 17.5. The Morgan fingerprint density at radius 3 is 2.42 bits per heavy atom. The average Bonchev–Trinajstić information content (AvgIpc) is 3.39. The largest absolute Gasteiger partial charge is 0.489 e. The third-order valence-corrected chi connectivity index (χ3v) is 11.6. The molecule has 7 nitrogen and oxygen atoms in total. The Morgan fingerprint density at radius 1 is 0.975 bits per heavy atom. The molecular formula is C30H30Cl2N2O5S. The van der Waals surface area contributed by atoms with Crippen molar-refractivity contribution < 1.29 is 22.7 Å². The lowest BCUT2D eigenvalue weighted by Gasteiger charge is -2.43. The van der Waals surface area contributed by atoms with E-state index in [2.05, 4.69) is 0 Å². The first-order valence-electron chi connectivity index (χ1n) is 13.4. The molecule has 0 saturated carbocycles. The first-order valence-corrected chi connectivity index (χ1v) is 15.7. The number of sulfone groups is 1. The molecule has 40 heavy (non-hydrogen) atoms. The second kappa shape index (κ2) is 10.9. The van der Waals surface area contributed by atoms with Gasteiger partial charge < -0.3 is 19.3 Å². The van der Waals surface area contributed by atoms with Gasteiger partial charge in [-0.2, -0.15) is 0 Å². The van der Waals surface area contributed by atoms with Gasteiger partial charge in [0.25, 0.3) is 0 Å². The Bertz CT molecular complexity index is 1510. The number of halogens is 2. The number of carbonyl (C=O) groups is 1. The Kier molecular flexibility index (Phi) is 7.46. The predicted molar refractivity (Wildman–Crippen MR) is 154 cm³/mol. The number of hydrogen-bond donors (Lipinski definition) is 0. The van der Waals surface area contributed by atoms with Crippen molar-refractivity contribution in [2.45, 2.75) is 41.6 Å². The second-order valence-corrected chi connectivity index (χ2v) is 13.4. The van der Waals surface area contributed by atoms with E-state index in [1.165, 1.54) is 0 Å². The number of fused-ring (bicyclic) bond motifs is 3. The van der Waals surface area contributed by atoms with Crippen molar-refractivity contribution in [3.63, 3.8) is 0 Å². The lowest BCUT2D eigenvalue weighted by Crippen LogP contribution is -2.55. The highest BCUT2D eigenvalue weighted by molar-refractivity contribution is 7.92. The van der Waals surface area contributed by atoms with Gasteiger partial charge in [0.15, 0.2) is 9.84 Å². The summed E-state index contributed by atoms with van der Waals surface area (Å²) < 4.78 is 39.3. The van der Waals surface area contributed by atoms with Crippen LogP contribution >= 0.6 is 23.2 Å². The van der Waals surface area contributed by atoms with Crippen molar-refractivity contribution in [3.05, 3.63) is 93.5 Å². The number of rotatable bonds is 5. The van der Waals surface area contributed by atoms with Crippen LogP contribution in [0.2, 0.25) is 10.0 Å². The molecule has 3 aromatic rings. The number of urea groups is 1. The molecule has 0 unspecified atom stereocenters. The van der Waals surface area contributed by atoms with Gasteiger partial charge >= 0.3 is 6.03 Å². The molecule has 2 fully saturated rings. The third-order valence-electron chi connectivity index (χ3n) is 8.36. The molecule has 3 aromatic carbocycles. The van der Waals surface area contributed by atoms with Crippen LogP contribution in [0.1, 0.15) is 29.5 Å². The van der Waals surface area contributed by atoms with Crippen molar-refractivity contribution in [2.75, 3.05) is 32.8 Å². The number of likely N-dealkylation sites (tertiary alicyclic amines) is 1. The van der Waals surface area contributed by atoms with Gasteiger partial charge in [0.05, 0.1) is 24.2 Å². The Balaban J connectivity index is 1.38. The minimum atomic E-state index is -3.86. The van der Waals surface area contributed by atoms with Crippen molar-refractivity contribution in [3.8, 4) is 5.75 Å². The maximum atomic E-state index is 14.5. The van der Waals surface area contributed by atoms with Gasteiger partial charge in [0.2, 0.25) is 0 Å². The predicted octanol–water partition coefficient (Wildman–Crippen LogP) is 5.71. The van der Waals surface area contributed by atoms with Crippen molar-refractivity contribution in [1.82, 2.24) is 9.80 Å². The normalized spacial score (nSPS) is 22.5. The van der Waals surface area contributed by atoms with Crippen LogP contribution in [0.3, 0.4) is 0 Å². The summed E-state index contributed by atoms with van der Waals surface area (Å²) in [5.41, 5.74) is 2.35. The standard InChI is InChI=1S/C30H30Cl2N2O5S/c31-26-7-4-8-27(32)24(26)20-39-22-10-11-25-21(19-22)9-12-28-30(25,40(36,37)23-5-2-1-3-6-23)13-14-34(28)29(35)33-15-17-38-18-16-33/h1-8,10-11,19,28H,9,12-18,20H2/t28-,30-/m1/s1. The molecular weight excluding hydrogens is 571 g/mol. The number of hydrogen-bond acceptors (Lipinski definition) is 5. The summed E-state index contributed by atoms with van der Waals surface area (Å²) in [6.45, 7) is 2.55. The third kappa shape index (κ3) is 4.55. The van der Waals surface area contributed by atoms with E-state index in [4.69, 9.17) is 32.7 Å². The van der Waals surface area contributed by atoms with Crippen LogP contribution in [0.5, 0.6) is 5.75 Å². The second-order valence-electron chi connectivity index (χ2n) is 10.4. The lowest BCUT2D eigenvalue weighted by molar-refractivity contribution is 0.0410. The molecule has 0 aromatic heterocycles. The molecule has 1 aliphatic carbocycles. The minimum absolute atomic E-state index is 0.113. The molecule has 210 valence electrons. The number of carbonyl (C=O) groups excluding carboxylic acids is 1. The zero-order valence-corrected chi connectivity index (χ0v) is 24.2. The number of amides is 2. The van der Waals surface area contributed by atoms with Crippen LogP contribution in [-0.2, 0) is 32.3 Å². The number of morpholine rings is 1. The van der Waals surface area contributed by atoms with E-state index in [-0.39, 0.29) is 17.5 Å². The van der Waals surface area contributed by atoms with Crippen LogP contribution in [0.15, 0.2) is 71.6 Å². The molecule has 2 amide bonds. The maximum Gasteiger partial charge on any atom is 0.320 e. The van der Waals surface area contributed by atoms with Crippen molar-refractivity contribution in [2.24, 2.45) is 0 Å². The smallest absolute Gasteiger partial charge is 0.320 e. The SMILES string of the molecule is O=C(N1CCOCC1)N1CC[C@@]2(S(=O)(=O)c3ccccc3)c3ccc(OCc4c(Cl)cccc4Cl)cc3CC[C@@H]12. The number of ether oxygens (including phenoxy) is 2. The molecule has 6 rings (SSSR count). The van der Waals surface area contributed by atoms with Crippen molar-refractivity contribution >= 4 is 39.1 Å². The van der Waals surface area contributed by atoms with Crippen LogP contribution in [0, 0.1) is 0 Å². The van der Waals surface area contributed by atoms with Gasteiger partial charge in [0, 0.05) is 35.2 Å². The summed E-state index contributed by atoms with van der Waals surface area (Å²) >= 11 is 12.6. The van der Waals surface area contributed by atoms with Gasteiger partial charge in [-0.05, 0) is 66.8 Å². The molecule has 2 saturated heterocycles. The molecule has 0 N–H and O–H groups in total. The Morgan fingerprint density at radius 2 is 1.70 bits per heavy atom.